The van der Waals surface area contributed by atoms with Gasteiger partial charge in [-0.05, 0) is 31.7 Å². The average Bonchev–Trinajstić information content (AvgIpc) is 3.18. The van der Waals surface area contributed by atoms with Gasteiger partial charge in [0, 0.05) is 25.1 Å². The van der Waals surface area contributed by atoms with E-state index < -0.39 is 11.9 Å². The van der Waals surface area contributed by atoms with E-state index in [4.69, 9.17) is 4.74 Å². The summed E-state index contributed by atoms with van der Waals surface area (Å²) >= 11 is 0.964. The smallest absolute Gasteiger partial charge is 0.381 e. The number of aromatic nitrogens is 1. The Bertz CT molecular complexity index is 741. The minimum absolute atomic E-state index is 0. The SMILES string of the molecule is CCNC(=NCc1nc(C(F)(F)F)cs1)NCCCCOCCc1ccccc1.I. The molecule has 0 radical (unpaired) electrons. The summed E-state index contributed by atoms with van der Waals surface area (Å²) in [5.74, 6) is 0.571. The molecule has 0 aliphatic carbocycles. The molecule has 0 aliphatic heterocycles. The summed E-state index contributed by atoms with van der Waals surface area (Å²) in [5, 5.41) is 7.62. The number of alkyl halides is 3. The summed E-state index contributed by atoms with van der Waals surface area (Å²) in [7, 11) is 0. The maximum Gasteiger partial charge on any atom is 0.434 e. The van der Waals surface area contributed by atoms with Crippen molar-refractivity contribution in [2.45, 2.75) is 38.9 Å². The molecule has 2 aromatic rings. The number of unbranched alkanes of at least 4 members (excludes halogenated alkanes) is 1. The van der Waals surface area contributed by atoms with Gasteiger partial charge in [0.1, 0.15) is 5.01 Å². The molecule has 2 rings (SSSR count). The fraction of sp³-hybridized carbons (Fsp3) is 0.500. The molecule has 0 bridgehead atoms. The highest BCUT2D eigenvalue weighted by Gasteiger charge is 2.33. The summed E-state index contributed by atoms with van der Waals surface area (Å²) < 4.78 is 43.4. The highest BCUT2D eigenvalue weighted by Crippen LogP contribution is 2.30. The zero-order valence-electron chi connectivity index (χ0n) is 16.9. The van der Waals surface area contributed by atoms with Gasteiger partial charge in [0.25, 0.3) is 0 Å². The molecule has 30 heavy (non-hydrogen) atoms. The highest BCUT2D eigenvalue weighted by molar-refractivity contribution is 14.0. The minimum Gasteiger partial charge on any atom is -0.381 e. The molecule has 0 unspecified atom stereocenters. The maximum absolute atomic E-state index is 12.6. The van der Waals surface area contributed by atoms with Crippen LogP contribution in [0.25, 0.3) is 0 Å². The van der Waals surface area contributed by atoms with Crippen LogP contribution in [-0.4, -0.2) is 37.2 Å². The predicted octanol–water partition coefficient (Wildman–Crippen LogP) is 4.87. The number of rotatable bonds is 11. The molecule has 0 fully saturated rings. The number of aliphatic imine (C=N–C) groups is 1. The minimum atomic E-state index is -4.41. The number of hydrogen-bond acceptors (Lipinski definition) is 4. The van der Waals surface area contributed by atoms with Crippen molar-refractivity contribution >= 4 is 41.3 Å². The number of nitrogens with zero attached hydrogens (tertiary/aromatic N) is 2. The van der Waals surface area contributed by atoms with Gasteiger partial charge in [-0.15, -0.1) is 35.3 Å². The third kappa shape index (κ3) is 10.6. The second kappa shape index (κ2) is 14.6. The molecule has 5 nitrogen and oxygen atoms in total. The van der Waals surface area contributed by atoms with Crippen LogP contribution >= 0.6 is 35.3 Å². The number of thiazole rings is 1. The summed E-state index contributed by atoms with van der Waals surface area (Å²) in [6, 6.07) is 10.2. The molecule has 2 N–H and O–H groups in total. The van der Waals surface area contributed by atoms with Crippen LogP contribution < -0.4 is 10.6 Å². The fourth-order valence-corrected chi connectivity index (χ4v) is 3.20. The summed E-state index contributed by atoms with van der Waals surface area (Å²) in [4.78, 5) is 7.89. The first kappa shape index (κ1) is 26.6. The van der Waals surface area contributed by atoms with Crippen LogP contribution in [0.15, 0.2) is 40.7 Å². The van der Waals surface area contributed by atoms with Crippen molar-refractivity contribution in [3.8, 4) is 0 Å². The van der Waals surface area contributed by atoms with Crippen LogP contribution in [0.1, 0.15) is 36.0 Å². The summed E-state index contributed by atoms with van der Waals surface area (Å²) in [6.07, 6.45) is -1.68. The lowest BCUT2D eigenvalue weighted by atomic mass is 10.2. The Morgan fingerprint density at radius 3 is 2.57 bits per heavy atom. The van der Waals surface area contributed by atoms with Crippen molar-refractivity contribution in [1.82, 2.24) is 15.6 Å². The molecular formula is C20H28F3IN4OS. The first-order chi connectivity index (χ1) is 14.0. The van der Waals surface area contributed by atoms with E-state index in [0.29, 0.717) is 37.3 Å². The van der Waals surface area contributed by atoms with Crippen LogP contribution in [-0.2, 0) is 23.9 Å². The van der Waals surface area contributed by atoms with Crippen molar-refractivity contribution in [3.63, 3.8) is 0 Å². The average molecular weight is 556 g/mol. The monoisotopic (exact) mass is 556 g/mol. The Morgan fingerprint density at radius 1 is 1.13 bits per heavy atom. The third-order valence-corrected chi connectivity index (χ3v) is 4.78. The fourth-order valence-electron chi connectivity index (χ4n) is 2.47. The van der Waals surface area contributed by atoms with Crippen LogP contribution in [0.3, 0.4) is 0 Å². The molecule has 168 valence electrons. The van der Waals surface area contributed by atoms with Gasteiger partial charge >= 0.3 is 6.18 Å². The number of ether oxygens (including phenoxy) is 1. The molecule has 0 aliphatic rings. The second-order valence-electron chi connectivity index (χ2n) is 6.30. The van der Waals surface area contributed by atoms with E-state index in [9.17, 15) is 13.2 Å². The van der Waals surface area contributed by atoms with Crippen LogP contribution in [0.2, 0.25) is 0 Å². The van der Waals surface area contributed by atoms with E-state index in [2.05, 4.69) is 32.7 Å². The van der Waals surface area contributed by atoms with Gasteiger partial charge in [-0.3, -0.25) is 0 Å². The van der Waals surface area contributed by atoms with E-state index in [1.807, 2.05) is 25.1 Å². The molecule has 1 aromatic heterocycles. The molecule has 1 heterocycles. The Balaban J connectivity index is 0.00000450. The zero-order valence-corrected chi connectivity index (χ0v) is 20.0. The van der Waals surface area contributed by atoms with Gasteiger partial charge in [-0.1, -0.05) is 30.3 Å². The highest BCUT2D eigenvalue weighted by atomic mass is 127. The normalized spacial score (nSPS) is 11.8. The molecule has 10 heteroatoms. The Morgan fingerprint density at radius 2 is 1.90 bits per heavy atom. The molecule has 0 spiro atoms. The van der Waals surface area contributed by atoms with Crippen molar-refractivity contribution in [3.05, 3.63) is 52.0 Å². The molecule has 0 saturated heterocycles. The molecular weight excluding hydrogens is 528 g/mol. The third-order valence-electron chi connectivity index (χ3n) is 3.94. The Kier molecular flexibility index (Phi) is 12.9. The van der Waals surface area contributed by atoms with Gasteiger partial charge in [0.15, 0.2) is 11.7 Å². The van der Waals surface area contributed by atoms with Gasteiger partial charge < -0.3 is 15.4 Å². The van der Waals surface area contributed by atoms with E-state index >= 15 is 0 Å². The van der Waals surface area contributed by atoms with E-state index in [1.54, 1.807) is 0 Å². The molecule has 0 saturated carbocycles. The number of guanidine groups is 1. The predicted molar refractivity (Wildman–Crippen MR) is 126 cm³/mol. The largest absolute Gasteiger partial charge is 0.434 e. The van der Waals surface area contributed by atoms with Crippen molar-refractivity contribution in [1.29, 1.82) is 0 Å². The number of hydrogen-bond donors (Lipinski definition) is 2. The first-order valence-corrected chi connectivity index (χ1v) is 10.5. The van der Waals surface area contributed by atoms with Crippen molar-refractivity contribution in [2.24, 2.45) is 4.99 Å². The van der Waals surface area contributed by atoms with Crippen molar-refractivity contribution in [2.75, 3.05) is 26.3 Å². The lowest BCUT2D eigenvalue weighted by Crippen LogP contribution is -2.37. The van der Waals surface area contributed by atoms with Gasteiger partial charge in [0.05, 0.1) is 13.2 Å². The van der Waals surface area contributed by atoms with Gasteiger partial charge in [-0.2, -0.15) is 13.2 Å². The maximum atomic E-state index is 12.6. The summed E-state index contributed by atoms with van der Waals surface area (Å²) in [6.45, 7) is 4.82. The van der Waals surface area contributed by atoms with Crippen molar-refractivity contribution < 1.29 is 17.9 Å². The molecule has 1 aromatic carbocycles. The number of halogens is 4. The van der Waals surface area contributed by atoms with Gasteiger partial charge in [0.2, 0.25) is 0 Å². The summed E-state index contributed by atoms with van der Waals surface area (Å²) in [5.41, 5.74) is 0.404. The van der Waals surface area contributed by atoms with Crippen LogP contribution in [0.5, 0.6) is 0 Å². The first-order valence-electron chi connectivity index (χ1n) is 9.64. The lowest BCUT2D eigenvalue weighted by Gasteiger charge is -2.11. The van der Waals surface area contributed by atoms with E-state index in [1.165, 1.54) is 5.56 Å². The Hall–Kier alpha value is -1.40. The van der Waals surface area contributed by atoms with Crippen LogP contribution in [0, 0.1) is 0 Å². The second-order valence-corrected chi connectivity index (χ2v) is 7.24. The van der Waals surface area contributed by atoms with E-state index in [-0.39, 0.29) is 30.5 Å². The lowest BCUT2D eigenvalue weighted by molar-refractivity contribution is -0.140. The topological polar surface area (TPSA) is 58.5 Å². The standard InChI is InChI=1S/C20H27F3N4OS.HI/c1-2-24-19(26-14-18-27-17(15-29-18)20(21,22)23)25-11-6-7-12-28-13-10-16-8-4-3-5-9-16;/h3-5,8-9,15H,2,6-7,10-14H2,1H3,(H2,24,25,26);1H. The number of benzene rings is 1. The van der Waals surface area contributed by atoms with E-state index in [0.717, 1.165) is 36.0 Å². The molecule has 0 amide bonds. The van der Waals surface area contributed by atoms with Gasteiger partial charge in [-0.25, -0.2) is 9.98 Å². The quantitative estimate of drug-likeness (QED) is 0.180. The molecule has 0 atom stereocenters. The number of nitrogens with one attached hydrogen (secondary N) is 2. The Labute approximate surface area is 196 Å². The van der Waals surface area contributed by atoms with Crippen LogP contribution in [0.4, 0.5) is 13.2 Å². The zero-order chi connectivity index (χ0) is 21.0.